The van der Waals surface area contributed by atoms with Crippen molar-refractivity contribution in [2.75, 3.05) is 0 Å². The van der Waals surface area contributed by atoms with E-state index in [0.29, 0.717) is 22.0 Å². The molecule has 0 saturated heterocycles. The molecule has 108 valence electrons. The molecule has 7 heteroatoms. The fraction of sp³-hybridized carbons (Fsp3) is 0.0667. The summed E-state index contributed by atoms with van der Waals surface area (Å²) in [6.45, 7) is 0. The molecule has 0 bridgehead atoms. The van der Waals surface area contributed by atoms with Crippen LogP contribution < -0.4 is 0 Å². The molecule has 0 amide bonds. The van der Waals surface area contributed by atoms with Gasteiger partial charge in [-0.05, 0) is 40.3 Å². The Balaban J connectivity index is 1.79. The summed E-state index contributed by atoms with van der Waals surface area (Å²) in [5.74, 6) is -0.0182. The zero-order chi connectivity index (χ0) is 15.4. The van der Waals surface area contributed by atoms with Crippen LogP contribution in [-0.4, -0.2) is 20.2 Å². The maximum absolute atomic E-state index is 13.9. The number of rotatable bonds is 4. The highest BCUT2D eigenvalue weighted by molar-refractivity contribution is 7.98. The Morgan fingerprint density at radius 2 is 2.00 bits per heavy atom. The molecule has 0 aliphatic carbocycles. The van der Waals surface area contributed by atoms with Gasteiger partial charge in [0, 0.05) is 5.75 Å². The van der Waals surface area contributed by atoms with E-state index < -0.39 is 5.82 Å². The largest absolute Gasteiger partial charge is 0.214 e. The first-order valence-electron chi connectivity index (χ1n) is 6.43. The van der Waals surface area contributed by atoms with Gasteiger partial charge in [-0.2, -0.15) is 9.94 Å². The Morgan fingerprint density at radius 1 is 1.18 bits per heavy atom. The number of hydrogen-bond donors (Lipinski definition) is 0. The fourth-order valence-corrected chi connectivity index (χ4v) is 2.75. The van der Waals surface area contributed by atoms with Crippen LogP contribution in [0.4, 0.5) is 4.39 Å². The van der Waals surface area contributed by atoms with Crippen molar-refractivity contribution in [2.45, 2.75) is 10.9 Å². The van der Waals surface area contributed by atoms with E-state index in [0.717, 1.165) is 5.69 Å². The van der Waals surface area contributed by atoms with E-state index in [1.165, 1.54) is 17.8 Å². The fourth-order valence-electron chi connectivity index (χ4n) is 1.88. The Hall–Kier alpha value is -2.72. The lowest BCUT2D eigenvalue weighted by Crippen LogP contribution is -1.99. The molecule has 0 atom stereocenters. The molecule has 0 unspecified atom stereocenters. The third-order valence-corrected chi connectivity index (χ3v) is 3.95. The molecule has 0 saturated carbocycles. The predicted octanol–water partition coefficient (Wildman–Crippen LogP) is 2.97. The number of tetrazole rings is 1. The number of aromatic nitrogens is 4. The quantitative estimate of drug-likeness (QED) is 0.693. The molecule has 0 spiro atoms. The molecule has 2 aromatic carbocycles. The molecule has 0 fully saturated rings. The Morgan fingerprint density at radius 3 is 2.73 bits per heavy atom. The summed E-state index contributed by atoms with van der Waals surface area (Å²) >= 11 is 1.33. The van der Waals surface area contributed by atoms with Crippen molar-refractivity contribution in [3.63, 3.8) is 0 Å². The van der Waals surface area contributed by atoms with E-state index in [2.05, 4.69) is 15.5 Å². The lowest BCUT2D eigenvalue weighted by molar-refractivity contribution is 0.616. The summed E-state index contributed by atoms with van der Waals surface area (Å²) in [6.07, 6.45) is 0. The van der Waals surface area contributed by atoms with E-state index in [9.17, 15) is 4.39 Å². The third kappa shape index (κ3) is 2.97. The van der Waals surface area contributed by atoms with E-state index >= 15 is 0 Å². The van der Waals surface area contributed by atoms with Crippen molar-refractivity contribution in [3.05, 3.63) is 65.5 Å². The van der Waals surface area contributed by atoms with Crippen molar-refractivity contribution in [3.8, 4) is 11.8 Å². The second kappa shape index (κ2) is 6.37. The van der Waals surface area contributed by atoms with Gasteiger partial charge in [0.1, 0.15) is 5.82 Å². The average molecular weight is 311 g/mol. The molecule has 5 nitrogen and oxygen atoms in total. The normalized spacial score (nSPS) is 10.4. The smallest absolute Gasteiger partial charge is 0.207 e. The Labute approximate surface area is 130 Å². The van der Waals surface area contributed by atoms with Crippen LogP contribution in [0, 0.1) is 17.1 Å². The number of nitriles is 1. The first-order chi connectivity index (χ1) is 10.8. The highest BCUT2D eigenvalue weighted by Crippen LogP contribution is 2.24. The molecule has 3 aromatic rings. The number of para-hydroxylation sites is 1. The van der Waals surface area contributed by atoms with Crippen molar-refractivity contribution in [2.24, 2.45) is 0 Å². The van der Waals surface area contributed by atoms with Gasteiger partial charge in [-0.1, -0.05) is 36.0 Å². The summed E-state index contributed by atoms with van der Waals surface area (Å²) in [6, 6.07) is 15.8. The van der Waals surface area contributed by atoms with Gasteiger partial charge in [-0.3, -0.25) is 0 Å². The molecule has 0 radical (unpaired) electrons. The number of benzene rings is 2. The minimum atomic E-state index is -0.398. The van der Waals surface area contributed by atoms with Crippen LogP contribution in [0.15, 0.2) is 53.7 Å². The van der Waals surface area contributed by atoms with Crippen LogP contribution >= 0.6 is 11.8 Å². The molecular weight excluding hydrogens is 301 g/mol. The van der Waals surface area contributed by atoms with Gasteiger partial charge >= 0.3 is 0 Å². The van der Waals surface area contributed by atoms with Crippen molar-refractivity contribution >= 4 is 11.8 Å². The topological polar surface area (TPSA) is 67.4 Å². The minimum absolute atomic E-state index is 0.306. The zero-order valence-corrected chi connectivity index (χ0v) is 12.2. The molecule has 0 aliphatic rings. The number of hydrogen-bond acceptors (Lipinski definition) is 5. The molecule has 0 aliphatic heterocycles. The summed E-state index contributed by atoms with van der Waals surface area (Å²) in [5, 5.41) is 20.9. The van der Waals surface area contributed by atoms with Gasteiger partial charge in [-0.15, -0.1) is 5.10 Å². The monoisotopic (exact) mass is 311 g/mol. The predicted molar refractivity (Wildman–Crippen MR) is 79.8 cm³/mol. The van der Waals surface area contributed by atoms with Gasteiger partial charge in [-0.25, -0.2) is 4.39 Å². The highest BCUT2D eigenvalue weighted by atomic mass is 32.2. The van der Waals surface area contributed by atoms with E-state index in [-0.39, 0.29) is 0 Å². The molecule has 1 heterocycles. The van der Waals surface area contributed by atoms with Crippen molar-refractivity contribution < 1.29 is 4.39 Å². The van der Waals surface area contributed by atoms with Crippen molar-refractivity contribution in [1.82, 2.24) is 20.2 Å². The maximum atomic E-state index is 13.9. The van der Waals surface area contributed by atoms with Gasteiger partial charge in [0.15, 0.2) is 0 Å². The molecule has 0 N–H and O–H groups in total. The van der Waals surface area contributed by atoms with Gasteiger partial charge < -0.3 is 0 Å². The van der Waals surface area contributed by atoms with Gasteiger partial charge in [0.25, 0.3) is 0 Å². The first-order valence-corrected chi connectivity index (χ1v) is 7.41. The summed E-state index contributed by atoms with van der Waals surface area (Å²) < 4.78 is 15.5. The van der Waals surface area contributed by atoms with E-state index in [4.69, 9.17) is 5.26 Å². The van der Waals surface area contributed by atoms with Gasteiger partial charge in [0.2, 0.25) is 5.16 Å². The second-order valence-corrected chi connectivity index (χ2v) is 5.36. The molecular formula is C15H10FN5S. The molecule has 1 aromatic heterocycles. The lowest BCUT2D eigenvalue weighted by Gasteiger charge is -2.05. The highest BCUT2D eigenvalue weighted by Gasteiger charge is 2.11. The summed E-state index contributed by atoms with van der Waals surface area (Å²) in [4.78, 5) is 0. The summed E-state index contributed by atoms with van der Waals surface area (Å²) in [5.41, 5.74) is 1.65. The van der Waals surface area contributed by atoms with Crippen molar-refractivity contribution in [1.29, 1.82) is 5.26 Å². The Bertz CT molecular complexity index is 825. The van der Waals surface area contributed by atoms with E-state index in [1.54, 1.807) is 16.8 Å². The van der Waals surface area contributed by atoms with Crippen LogP contribution in [0.25, 0.3) is 5.69 Å². The van der Waals surface area contributed by atoms with Crippen LogP contribution in [0.1, 0.15) is 11.1 Å². The number of halogens is 1. The van der Waals surface area contributed by atoms with E-state index in [1.807, 2.05) is 36.4 Å². The van der Waals surface area contributed by atoms with Crippen LogP contribution in [0.3, 0.4) is 0 Å². The standard InChI is InChI=1S/C15H10FN5S/c16-14-8-11(9-17)6-7-12(14)10-22-15-18-19-20-21(15)13-4-2-1-3-5-13/h1-8H,10H2. The van der Waals surface area contributed by atoms with Crippen LogP contribution in [0.2, 0.25) is 0 Å². The second-order valence-electron chi connectivity index (χ2n) is 4.42. The molecule has 3 rings (SSSR count). The lowest BCUT2D eigenvalue weighted by atomic mass is 10.1. The third-order valence-electron chi connectivity index (χ3n) is 2.98. The number of nitrogens with zero attached hydrogens (tertiary/aromatic N) is 5. The van der Waals surface area contributed by atoms with Gasteiger partial charge in [0.05, 0.1) is 17.3 Å². The van der Waals surface area contributed by atoms with Crippen LogP contribution in [0.5, 0.6) is 0 Å². The SMILES string of the molecule is N#Cc1ccc(CSc2nnnn2-c2ccccc2)c(F)c1. The maximum Gasteiger partial charge on any atom is 0.214 e. The first kappa shape index (κ1) is 14.2. The molecule has 22 heavy (non-hydrogen) atoms. The zero-order valence-electron chi connectivity index (χ0n) is 11.3. The average Bonchev–Trinajstić information content (AvgIpc) is 3.03. The number of thioether (sulfide) groups is 1. The minimum Gasteiger partial charge on any atom is -0.207 e. The van der Waals surface area contributed by atoms with Crippen LogP contribution in [-0.2, 0) is 5.75 Å². The summed E-state index contributed by atoms with van der Waals surface area (Å²) in [7, 11) is 0. The Kier molecular flexibility index (Phi) is 4.12.